The minimum Gasteiger partial charge on any atom is -0.339 e. The first-order valence-electron chi connectivity index (χ1n) is 8.49. The van der Waals surface area contributed by atoms with Crippen LogP contribution in [0.2, 0.25) is 0 Å². The summed E-state index contributed by atoms with van der Waals surface area (Å²) in [5, 5.41) is 0. The molecule has 0 spiro atoms. The Balaban J connectivity index is 1.66. The molecule has 2 amide bonds. The van der Waals surface area contributed by atoms with Crippen molar-refractivity contribution in [3.8, 4) is 0 Å². The molecule has 1 aromatic carbocycles. The molecule has 1 saturated heterocycles. The molecular weight excluding hydrogens is 276 g/mol. The van der Waals surface area contributed by atoms with Crippen LogP contribution in [0.15, 0.2) is 12.1 Å². The van der Waals surface area contributed by atoms with Crippen molar-refractivity contribution in [2.75, 3.05) is 24.5 Å². The number of rotatable bonds is 1. The molecule has 0 radical (unpaired) electrons. The van der Waals surface area contributed by atoms with E-state index in [0.717, 1.165) is 56.6 Å². The molecule has 1 aromatic rings. The highest BCUT2D eigenvalue weighted by atomic mass is 16.2. The maximum Gasteiger partial charge on any atom is 0.253 e. The Hall–Kier alpha value is -1.84. The van der Waals surface area contributed by atoms with Gasteiger partial charge in [0.05, 0.1) is 5.69 Å². The summed E-state index contributed by atoms with van der Waals surface area (Å²) in [4.78, 5) is 28.7. The molecule has 3 heterocycles. The normalized spacial score (nSPS) is 20.8. The molecule has 1 fully saturated rings. The molecular formula is C18H22N2O2. The van der Waals surface area contributed by atoms with Gasteiger partial charge in [-0.25, -0.2) is 0 Å². The van der Waals surface area contributed by atoms with Crippen LogP contribution in [0.4, 0.5) is 5.69 Å². The van der Waals surface area contributed by atoms with Crippen LogP contribution < -0.4 is 4.90 Å². The van der Waals surface area contributed by atoms with Crippen molar-refractivity contribution in [1.82, 2.24) is 4.90 Å². The van der Waals surface area contributed by atoms with Crippen LogP contribution in [0.3, 0.4) is 0 Å². The second kappa shape index (κ2) is 5.41. The highest BCUT2D eigenvalue weighted by molar-refractivity contribution is 6.01. The zero-order chi connectivity index (χ0) is 15.1. The maximum absolute atomic E-state index is 12.8. The van der Waals surface area contributed by atoms with Gasteiger partial charge < -0.3 is 9.80 Å². The first-order valence-corrected chi connectivity index (χ1v) is 8.49. The van der Waals surface area contributed by atoms with E-state index in [2.05, 4.69) is 0 Å². The molecule has 4 nitrogen and oxygen atoms in total. The van der Waals surface area contributed by atoms with Gasteiger partial charge in [-0.3, -0.25) is 9.59 Å². The molecule has 4 rings (SSSR count). The largest absolute Gasteiger partial charge is 0.339 e. The zero-order valence-corrected chi connectivity index (χ0v) is 12.9. The van der Waals surface area contributed by atoms with Crippen molar-refractivity contribution >= 4 is 17.5 Å². The fraction of sp³-hybridized carbons (Fsp3) is 0.556. The van der Waals surface area contributed by atoms with Crippen molar-refractivity contribution in [3.63, 3.8) is 0 Å². The van der Waals surface area contributed by atoms with Gasteiger partial charge >= 0.3 is 0 Å². The van der Waals surface area contributed by atoms with E-state index in [1.54, 1.807) is 0 Å². The smallest absolute Gasteiger partial charge is 0.253 e. The Morgan fingerprint density at radius 1 is 0.864 bits per heavy atom. The van der Waals surface area contributed by atoms with Crippen molar-refractivity contribution < 1.29 is 9.59 Å². The zero-order valence-electron chi connectivity index (χ0n) is 12.9. The summed E-state index contributed by atoms with van der Waals surface area (Å²) in [7, 11) is 0. The molecule has 4 heteroatoms. The van der Waals surface area contributed by atoms with E-state index >= 15 is 0 Å². The van der Waals surface area contributed by atoms with E-state index in [-0.39, 0.29) is 11.8 Å². The minimum atomic E-state index is 0.177. The number of benzene rings is 1. The highest BCUT2D eigenvalue weighted by Gasteiger charge is 2.32. The van der Waals surface area contributed by atoms with Gasteiger partial charge in [0.25, 0.3) is 5.91 Å². The number of aryl methyl sites for hydroxylation is 1. The van der Waals surface area contributed by atoms with E-state index < -0.39 is 0 Å². The van der Waals surface area contributed by atoms with Crippen LogP contribution in [-0.2, 0) is 17.6 Å². The van der Waals surface area contributed by atoms with Gasteiger partial charge in [-0.15, -0.1) is 0 Å². The van der Waals surface area contributed by atoms with Crippen LogP contribution >= 0.6 is 0 Å². The van der Waals surface area contributed by atoms with Crippen LogP contribution in [0, 0.1) is 0 Å². The molecule has 0 aliphatic carbocycles. The highest BCUT2D eigenvalue weighted by Crippen LogP contribution is 2.37. The summed E-state index contributed by atoms with van der Waals surface area (Å²) in [6, 6.07) is 4.07. The number of hydrogen-bond donors (Lipinski definition) is 0. The summed E-state index contributed by atoms with van der Waals surface area (Å²) in [5.74, 6) is 0.411. The average molecular weight is 298 g/mol. The van der Waals surface area contributed by atoms with Gasteiger partial charge in [-0.1, -0.05) is 12.8 Å². The fourth-order valence-electron chi connectivity index (χ4n) is 4.04. The number of anilines is 1. The molecule has 22 heavy (non-hydrogen) atoms. The number of nitrogens with zero attached hydrogens (tertiary/aromatic N) is 2. The second-order valence-corrected chi connectivity index (χ2v) is 6.64. The van der Waals surface area contributed by atoms with Gasteiger partial charge in [0, 0.05) is 31.6 Å². The van der Waals surface area contributed by atoms with Gasteiger partial charge in [-0.2, -0.15) is 0 Å². The Morgan fingerprint density at radius 3 is 2.27 bits per heavy atom. The third-order valence-electron chi connectivity index (χ3n) is 5.19. The lowest BCUT2D eigenvalue weighted by molar-refractivity contribution is -0.118. The Morgan fingerprint density at radius 2 is 1.55 bits per heavy atom. The van der Waals surface area contributed by atoms with E-state index in [4.69, 9.17) is 0 Å². The number of likely N-dealkylation sites (tertiary alicyclic amines) is 1. The van der Waals surface area contributed by atoms with E-state index in [1.165, 1.54) is 24.0 Å². The second-order valence-electron chi connectivity index (χ2n) is 6.64. The third kappa shape index (κ3) is 2.21. The summed E-state index contributed by atoms with van der Waals surface area (Å²) in [5.41, 5.74) is 4.30. The van der Waals surface area contributed by atoms with Gasteiger partial charge in [-0.05, 0) is 48.9 Å². The van der Waals surface area contributed by atoms with Crippen LogP contribution in [0.25, 0.3) is 0 Å². The standard InChI is InChI=1S/C18H22N2O2/c21-16-6-5-13-11-15(12-14-7-10-20(16)17(13)14)18(22)19-8-3-1-2-4-9-19/h11-12H,1-10H2. The molecule has 0 N–H and O–H groups in total. The molecule has 0 unspecified atom stereocenters. The number of carbonyl (C=O) groups is 2. The SMILES string of the molecule is O=C(c1cc2c3c(c1)CCN3C(=O)CC2)N1CCCCCC1. The number of hydrogen-bond acceptors (Lipinski definition) is 2. The molecule has 0 bridgehead atoms. The Bertz CT molecular complexity index is 630. The summed E-state index contributed by atoms with van der Waals surface area (Å²) in [6.45, 7) is 2.55. The van der Waals surface area contributed by atoms with Crippen molar-refractivity contribution in [2.45, 2.75) is 44.9 Å². The predicted molar refractivity (Wildman–Crippen MR) is 85.2 cm³/mol. The minimum absolute atomic E-state index is 0.177. The van der Waals surface area contributed by atoms with Crippen LogP contribution in [-0.4, -0.2) is 36.3 Å². The average Bonchev–Trinajstić information content (AvgIpc) is 2.79. The van der Waals surface area contributed by atoms with Crippen molar-refractivity contribution in [1.29, 1.82) is 0 Å². The number of carbonyl (C=O) groups excluding carboxylic acids is 2. The topological polar surface area (TPSA) is 40.6 Å². The van der Waals surface area contributed by atoms with Gasteiger partial charge in [0.15, 0.2) is 0 Å². The van der Waals surface area contributed by atoms with Gasteiger partial charge in [0.1, 0.15) is 0 Å². The quantitative estimate of drug-likeness (QED) is 0.799. The predicted octanol–water partition coefficient (Wildman–Crippen LogP) is 2.54. The maximum atomic E-state index is 12.8. The first kappa shape index (κ1) is 13.8. The van der Waals surface area contributed by atoms with E-state index in [1.807, 2.05) is 21.9 Å². The van der Waals surface area contributed by atoms with E-state index in [9.17, 15) is 9.59 Å². The third-order valence-corrected chi connectivity index (χ3v) is 5.19. The first-order chi connectivity index (χ1) is 10.7. The van der Waals surface area contributed by atoms with Crippen LogP contribution in [0.5, 0.6) is 0 Å². The Kier molecular flexibility index (Phi) is 3.40. The van der Waals surface area contributed by atoms with Crippen LogP contribution in [0.1, 0.15) is 53.6 Å². The van der Waals surface area contributed by atoms with Crippen molar-refractivity contribution in [3.05, 3.63) is 28.8 Å². The summed E-state index contributed by atoms with van der Waals surface area (Å²) in [6.07, 6.45) is 6.94. The van der Waals surface area contributed by atoms with E-state index in [0.29, 0.717) is 6.42 Å². The molecule has 0 atom stereocenters. The van der Waals surface area contributed by atoms with Crippen molar-refractivity contribution in [2.24, 2.45) is 0 Å². The monoisotopic (exact) mass is 298 g/mol. The molecule has 3 aliphatic heterocycles. The molecule has 3 aliphatic rings. The summed E-state index contributed by atoms with van der Waals surface area (Å²) >= 11 is 0. The lowest BCUT2D eigenvalue weighted by Crippen LogP contribution is -2.34. The van der Waals surface area contributed by atoms with Gasteiger partial charge in [0.2, 0.25) is 5.91 Å². The molecule has 0 aromatic heterocycles. The Labute approximate surface area is 131 Å². The fourth-order valence-corrected chi connectivity index (χ4v) is 4.04. The molecule has 0 saturated carbocycles. The lowest BCUT2D eigenvalue weighted by Gasteiger charge is -2.26. The molecule has 116 valence electrons. The lowest BCUT2D eigenvalue weighted by atomic mass is 9.96. The summed E-state index contributed by atoms with van der Waals surface area (Å²) < 4.78 is 0. The number of amides is 2.